The van der Waals surface area contributed by atoms with Crippen molar-refractivity contribution in [2.75, 3.05) is 0 Å². The van der Waals surface area contributed by atoms with E-state index in [0.717, 1.165) is 0 Å². The predicted octanol–water partition coefficient (Wildman–Crippen LogP) is 3.50. The number of ether oxygens (including phenoxy) is 1. The fraction of sp³-hybridized carbons (Fsp3) is 0.0667. The number of nitriles is 1. The number of esters is 1. The zero-order valence-electron chi connectivity index (χ0n) is 10.3. The van der Waals surface area contributed by atoms with Gasteiger partial charge >= 0.3 is 5.97 Å². The van der Waals surface area contributed by atoms with Gasteiger partial charge in [0.1, 0.15) is 11.6 Å². The van der Waals surface area contributed by atoms with Crippen molar-refractivity contribution >= 4 is 17.6 Å². The lowest BCUT2D eigenvalue weighted by Gasteiger charge is -2.07. The highest BCUT2D eigenvalue weighted by Crippen LogP contribution is 2.20. The molecule has 0 bridgehead atoms. The Morgan fingerprint density at radius 2 is 2.05 bits per heavy atom. The number of halogens is 2. The number of carbonyl (C=O) groups is 1. The normalized spacial score (nSPS) is 9.85. The zero-order chi connectivity index (χ0) is 14.5. The van der Waals surface area contributed by atoms with Crippen LogP contribution in [0.4, 0.5) is 4.39 Å². The maximum Gasteiger partial charge on any atom is 0.315 e. The maximum absolute atomic E-state index is 13.5. The Morgan fingerprint density at radius 3 is 2.75 bits per heavy atom. The second-order valence-corrected chi connectivity index (χ2v) is 4.40. The molecule has 5 heteroatoms. The van der Waals surface area contributed by atoms with Crippen LogP contribution in [0.2, 0.25) is 5.02 Å². The van der Waals surface area contributed by atoms with Gasteiger partial charge in [-0.15, -0.1) is 0 Å². The molecule has 0 unspecified atom stereocenters. The molecule has 0 saturated heterocycles. The Labute approximate surface area is 120 Å². The quantitative estimate of drug-likeness (QED) is 0.642. The van der Waals surface area contributed by atoms with Gasteiger partial charge in [-0.05, 0) is 30.3 Å². The molecule has 100 valence electrons. The van der Waals surface area contributed by atoms with Crippen LogP contribution in [0.1, 0.15) is 11.1 Å². The van der Waals surface area contributed by atoms with E-state index in [1.165, 1.54) is 24.3 Å². The molecule has 3 nitrogen and oxygen atoms in total. The summed E-state index contributed by atoms with van der Waals surface area (Å²) < 4.78 is 18.6. The van der Waals surface area contributed by atoms with Crippen LogP contribution in [0.25, 0.3) is 0 Å². The minimum atomic E-state index is -0.646. The van der Waals surface area contributed by atoms with E-state index in [9.17, 15) is 9.18 Å². The van der Waals surface area contributed by atoms with Crippen LogP contribution in [0, 0.1) is 17.1 Å². The molecular weight excluding hydrogens is 281 g/mol. The van der Waals surface area contributed by atoms with Gasteiger partial charge in [0, 0.05) is 10.6 Å². The smallest absolute Gasteiger partial charge is 0.315 e. The third kappa shape index (κ3) is 3.34. The summed E-state index contributed by atoms with van der Waals surface area (Å²) in [6, 6.07) is 12.3. The number of carbonyl (C=O) groups excluding carboxylic acids is 1. The summed E-state index contributed by atoms with van der Waals surface area (Å²) >= 11 is 5.83. The topological polar surface area (TPSA) is 50.1 Å². The minimum Gasteiger partial charge on any atom is -0.426 e. The van der Waals surface area contributed by atoms with E-state index in [1.54, 1.807) is 18.2 Å². The van der Waals surface area contributed by atoms with Crippen LogP contribution in [-0.4, -0.2) is 5.97 Å². The van der Waals surface area contributed by atoms with E-state index in [0.29, 0.717) is 5.56 Å². The van der Waals surface area contributed by atoms with Crippen LogP contribution in [0.5, 0.6) is 5.75 Å². The van der Waals surface area contributed by atoms with E-state index in [-0.39, 0.29) is 22.8 Å². The molecule has 0 aliphatic carbocycles. The molecule has 0 spiro atoms. The number of rotatable bonds is 3. The standard InChI is InChI=1S/C15H9ClFNO2/c16-13-5-2-6-14(17)12(13)8-15(19)20-11-4-1-3-10(7-11)9-18/h1-7H,8H2. The van der Waals surface area contributed by atoms with Crippen LogP contribution in [-0.2, 0) is 11.2 Å². The Kier molecular flexibility index (Phi) is 4.34. The Morgan fingerprint density at radius 1 is 1.30 bits per heavy atom. The summed E-state index contributed by atoms with van der Waals surface area (Å²) in [6.45, 7) is 0. The molecule has 0 amide bonds. The third-order valence-corrected chi connectivity index (χ3v) is 2.93. The highest BCUT2D eigenvalue weighted by atomic mass is 35.5. The van der Waals surface area contributed by atoms with Gasteiger partial charge in [0.05, 0.1) is 18.1 Å². The lowest BCUT2D eigenvalue weighted by atomic mass is 10.1. The highest BCUT2D eigenvalue weighted by molar-refractivity contribution is 6.31. The van der Waals surface area contributed by atoms with Crippen molar-refractivity contribution in [1.82, 2.24) is 0 Å². The van der Waals surface area contributed by atoms with Gasteiger partial charge in [-0.25, -0.2) is 4.39 Å². The van der Waals surface area contributed by atoms with Crippen molar-refractivity contribution in [2.24, 2.45) is 0 Å². The first-order valence-electron chi connectivity index (χ1n) is 5.74. The van der Waals surface area contributed by atoms with Crippen molar-refractivity contribution in [3.63, 3.8) is 0 Å². The molecule has 2 aromatic rings. The van der Waals surface area contributed by atoms with Crippen LogP contribution >= 0.6 is 11.6 Å². The molecule has 0 radical (unpaired) electrons. The van der Waals surface area contributed by atoms with Crippen molar-refractivity contribution in [3.8, 4) is 11.8 Å². The first-order chi connectivity index (χ1) is 9.60. The molecular formula is C15H9ClFNO2. The number of nitrogens with zero attached hydrogens (tertiary/aromatic N) is 1. The first kappa shape index (κ1) is 14.0. The van der Waals surface area contributed by atoms with Gasteiger partial charge in [0.2, 0.25) is 0 Å². The Balaban J connectivity index is 2.11. The molecule has 0 aromatic heterocycles. The first-order valence-corrected chi connectivity index (χ1v) is 6.11. The predicted molar refractivity (Wildman–Crippen MR) is 71.9 cm³/mol. The van der Waals surface area contributed by atoms with Crippen molar-refractivity contribution in [2.45, 2.75) is 6.42 Å². The molecule has 0 heterocycles. The van der Waals surface area contributed by atoms with Gasteiger partial charge in [-0.3, -0.25) is 4.79 Å². The van der Waals surface area contributed by atoms with Gasteiger partial charge in [0.15, 0.2) is 0 Å². The Bertz CT molecular complexity index is 674. The summed E-state index contributed by atoms with van der Waals surface area (Å²) in [7, 11) is 0. The molecule has 0 N–H and O–H groups in total. The number of benzene rings is 2. The molecule has 20 heavy (non-hydrogen) atoms. The van der Waals surface area contributed by atoms with Crippen LogP contribution in [0.3, 0.4) is 0 Å². The van der Waals surface area contributed by atoms with E-state index in [2.05, 4.69) is 0 Å². The van der Waals surface area contributed by atoms with Crippen LogP contribution in [0.15, 0.2) is 42.5 Å². The zero-order valence-corrected chi connectivity index (χ0v) is 11.0. The van der Waals surface area contributed by atoms with Gasteiger partial charge in [0.25, 0.3) is 0 Å². The number of hydrogen-bond donors (Lipinski definition) is 0. The molecule has 0 atom stereocenters. The average molecular weight is 290 g/mol. The molecule has 2 rings (SSSR count). The SMILES string of the molecule is N#Cc1cccc(OC(=O)Cc2c(F)cccc2Cl)c1. The minimum absolute atomic E-state index is 0.0932. The molecule has 0 saturated carbocycles. The summed E-state index contributed by atoms with van der Waals surface area (Å²) in [6.07, 6.45) is -0.276. The summed E-state index contributed by atoms with van der Waals surface area (Å²) in [5.41, 5.74) is 0.467. The summed E-state index contributed by atoms with van der Waals surface area (Å²) in [4.78, 5) is 11.8. The maximum atomic E-state index is 13.5. The lowest BCUT2D eigenvalue weighted by molar-refractivity contribution is -0.133. The summed E-state index contributed by atoms with van der Waals surface area (Å²) in [5, 5.41) is 8.92. The molecule has 2 aromatic carbocycles. The fourth-order valence-electron chi connectivity index (χ4n) is 1.64. The summed E-state index contributed by atoms with van der Waals surface area (Å²) in [5.74, 6) is -0.964. The molecule has 0 fully saturated rings. The van der Waals surface area contributed by atoms with Crippen LogP contribution < -0.4 is 4.74 Å². The second kappa shape index (κ2) is 6.18. The van der Waals surface area contributed by atoms with Crippen molar-refractivity contribution < 1.29 is 13.9 Å². The van der Waals surface area contributed by atoms with E-state index in [1.807, 2.05) is 6.07 Å². The Hall–Kier alpha value is -2.38. The number of hydrogen-bond acceptors (Lipinski definition) is 3. The third-order valence-electron chi connectivity index (χ3n) is 2.58. The van der Waals surface area contributed by atoms with E-state index >= 15 is 0 Å². The van der Waals surface area contributed by atoms with Gasteiger partial charge in [-0.2, -0.15) is 5.26 Å². The highest BCUT2D eigenvalue weighted by Gasteiger charge is 2.13. The monoisotopic (exact) mass is 289 g/mol. The van der Waals surface area contributed by atoms with E-state index in [4.69, 9.17) is 21.6 Å². The molecule has 0 aliphatic rings. The lowest BCUT2D eigenvalue weighted by Crippen LogP contribution is -2.12. The largest absolute Gasteiger partial charge is 0.426 e. The molecule has 0 aliphatic heterocycles. The van der Waals surface area contributed by atoms with Crippen molar-refractivity contribution in [3.05, 3.63) is 64.4 Å². The van der Waals surface area contributed by atoms with Gasteiger partial charge < -0.3 is 4.74 Å². The van der Waals surface area contributed by atoms with Gasteiger partial charge in [-0.1, -0.05) is 23.7 Å². The van der Waals surface area contributed by atoms with E-state index < -0.39 is 11.8 Å². The van der Waals surface area contributed by atoms with Crippen molar-refractivity contribution in [1.29, 1.82) is 5.26 Å². The fourth-order valence-corrected chi connectivity index (χ4v) is 1.87. The second-order valence-electron chi connectivity index (χ2n) is 3.99. The average Bonchev–Trinajstić information content (AvgIpc) is 2.43.